The number of hydrogen-bond acceptors (Lipinski definition) is 7. The molecule has 222 valence electrons. The van der Waals surface area contributed by atoms with Crippen molar-refractivity contribution in [3.8, 4) is 11.4 Å². The molecule has 0 atom stereocenters. The molecule has 4 N–H and O–H groups in total. The van der Waals surface area contributed by atoms with E-state index >= 15 is 0 Å². The summed E-state index contributed by atoms with van der Waals surface area (Å²) in [5, 5.41) is 20.3. The zero-order chi connectivity index (χ0) is 29.9. The number of benzene rings is 3. The van der Waals surface area contributed by atoms with Crippen molar-refractivity contribution in [2.45, 2.75) is 26.2 Å². The van der Waals surface area contributed by atoms with Crippen LogP contribution in [-0.4, -0.2) is 74.4 Å². The third kappa shape index (κ3) is 6.49. The van der Waals surface area contributed by atoms with Crippen molar-refractivity contribution >= 4 is 39.1 Å². The number of fused-ring (bicyclic) bond motifs is 1. The number of hydrazine groups is 1. The lowest BCUT2D eigenvalue weighted by atomic mass is 9.91. The molecule has 0 bridgehead atoms. The number of amides is 2. The van der Waals surface area contributed by atoms with Gasteiger partial charge >= 0.3 is 6.03 Å². The number of ether oxygens (including phenoxy) is 1. The molecule has 1 aromatic heterocycles. The molecule has 1 saturated heterocycles. The summed E-state index contributed by atoms with van der Waals surface area (Å²) in [6, 6.07) is 20.3. The Labute approximate surface area is 248 Å². The molecule has 1 aliphatic rings. The number of aromatic nitrogens is 2. The van der Waals surface area contributed by atoms with Crippen molar-refractivity contribution in [1.82, 2.24) is 14.7 Å². The van der Waals surface area contributed by atoms with E-state index in [1.54, 1.807) is 10.7 Å². The van der Waals surface area contributed by atoms with Crippen molar-refractivity contribution in [2.24, 2.45) is 5.84 Å². The van der Waals surface area contributed by atoms with Crippen LogP contribution < -0.4 is 20.9 Å². The van der Waals surface area contributed by atoms with E-state index < -0.39 is 22.2 Å². The molecule has 0 saturated carbocycles. The summed E-state index contributed by atoms with van der Waals surface area (Å²) < 4.78 is 19.4. The van der Waals surface area contributed by atoms with E-state index in [1.807, 2.05) is 81.4 Å². The molecule has 2 amide bonds. The van der Waals surface area contributed by atoms with Crippen LogP contribution in [0, 0.1) is 6.92 Å². The summed E-state index contributed by atoms with van der Waals surface area (Å²) in [4.78, 5) is 15.8. The van der Waals surface area contributed by atoms with E-state index in [0.29, 0.717) is 35.3 Å². The second-order valence-electron chi connectivity index (χ2n) is 11.2. The zero-order valence-corrected chi connectivity index (χ0v) is 25.1. The van der Waals surface area contributed by atoms with Crippen molar-refractivity contribution in [3.05, 3.63) is 78.0 Å². The van der Waals surface area contributed by atoms with Gasteiger partial charge in [0.25, 0.3) is 0 Å². The first-order chi connectivity index (χ1) is 20.2. The van der Waals surface area contributed by atoms with Crippen LogP contribution in [0.5, 0.6) is 5.75 Å². The molecule has 1 fully saturated rings. The summed E-state index contributed by atoms with van der Waals surface area (Å²) in [5.41, 5.74) is 2.39. The van der Waals surface area contributed by atoms with Crippen molar-refractivity contribution in [1.29, 1.82) is 0 Å². The van der Waals surface area contributed by atoms with Crippen LogP contribution in [0.25, 0.3) is 16.5 Å². The highest BCUT2D eigenvalue weighted by atomic mass is 32.2. The maximum absolute atomic E-state index is 13.5. The summed E-state index contributed by atoms with van der Waals surface area (Å²) in [5.74, 6) is 8.93. The topological polar surface area (TPSA) is 126 Å². The Kier molecular flexibility index (Phi) is 8.93. The molecule has 1 aliphatic heterocycles. The molecule has 10 nitrogen and oxygen atoms in total. The second kappa shape index (κ2) is 12.6. The van der Waals surface area contributed by atoms with E-state index in [0.717, 1.165) is 52.4 Å². The van der Waals surface area contributed by atoms with Gasteiger partial charge in [0.15, 0.2) is 5.82 Å². The smallest absolute Gasteiger partial charge is 0.342 e. The third-order valence-corrected chi connectivity index (χ3v) is 8.86. The Balaban J connectivity index is 1.36. The van der Waals surface area contributed by atoms with Crippen molar-refractivity contribution < 1.29 is 18.8 Å². The van der Waals surface area contributed by atoms with E-state index in [2.05, 4.69) is 10.2 Å². The first-order valence-electron chi connectivity index (χ1n) is 14.0. The molecule has 0 unspecified atom stereocenters. The molecule has 3 aromatic carbocycles. The maximum Gasteiger partial charge on any atom is 0.342 e. The minimum absolute atomic E-state index is 0.118. The number of urea groups is 1. The van der Waals surface area contributed by atoms with E-state index in [1.165, 1.54) is 0 Å². The minimum Gasteiger partial charge on any atom is -0.492 e. The van der Waals surface area contributed by atoms with Gasteiger partial charge in [0.05, 0.1) is 23.7 Å². The number of rotatable bonds is 9. The molecular weight excluding hydrogens is 552 g/mol. The fraction of sp³-hybridized carbons (Fsp3) is 0.355. The van der Waals surface area contributed by atoms with Gasteiger partial charge in [-0.3, -0.25) is 9.11 Å². The first-order valence-corrected chi connectivity index (χ1v) is 15.5. The SMILES string of the molecule is Cc1ccc(-n2nc(C(C)(C)CO)cc2N(N)C(=O)Nc2ccc(OCCN3CCS(=O)CC3)c3ccccc23)cc1. The van der Waals surface area contributed by atoms with Gasteiger partial charge in [0.2, 0.25) is 0 Å². The lowest BCUT2D eigenvalue weighted by Gasteiger charge is -2.26. The number of carbonyl (C=O) groups is 1. The summed E-state index contributed by atoms with van der Waals surface area (Å²) in [6.45, 7) is 8.54. The van der Waals surface area contributed by atoms with Crippen molar-refractivity contribution in [2.75, 3.05) is 54.7 Å². The van der Waals surface area contributed by atoms with E-state index in [4.69, 9.17) is 15.7 Å². The average molecular weight is 591 g/mol. The minimum atomic E-state index is -0.704. The fourth-order valence-corrected chi connectivity index (χ4v) is 5.93. The molecule has 0 spiro atoms. The Morgan fingerprint density at radius 2 is 1.79 bits per heavy atom. The van der Waals surface area contributed by atoms with Gasteiger partial charge in [-0.25, -0.2) is 20.3 Å². The third-order valence-electron chi connectivity index (χ3n) is 7.58. The van der Waals surface area contributed by atoms with Gasteiger partial charge in [-0.15, -0.1) is 0 Å². The lowest BCUT2D eigenvalue weighted by molar-refractivity contribution is 0.215. The maximum atomic E-state index is 13.5. The number of nitrogens with zero attached hydrogens (tertiary/aromatic N) is 4. The Morgan fingerprint density at radius 3 is 2.48 bits per heavy atom. The average Bonchev–Trinajstić information content (AvgIpc) is 3.45. The van der Waals surface area contributed by atoms with E-state index in [-0.39, 0.29) is 6.61 Å². The molecule has 5 rings (SSSR count). The van der Waals surface area contributed by atoms with Crippen LogP contribution in [0.15, 0.2) is 66.7 Å². The number of aryl methyl sites for hydroxylation is 1. The predicted octanol–water partition coefficient (Wildman–Crippen LogP) is 3.96. The summed E-state index contributed by atoms with van der Waals surface area (Å²) in [7, 11) is -0.704. The van der Waals surface area contributed by atoms with Crippen LogP contribution in [0.4, 0.5) is 16.3 Å². The molecule has 2 heterocycles. The summed E-state index contributed by atoms with van der Waals surface area (Å²) in [6.07, 6.45) is 0. The number of aliphatic hydroxyl groups is 1. The molecule has 0 aliphatic carbocycles. The Bertz CT molecular complexity index is 1580. The number of aliphatic hydroxyl groups excluding tert-OH is 1. The lowest BCUT2D eigenvalue weighted by Crippen LogP contribution is -2.42. The molecule has 0 radical (unpaired) electrons. The van der Waals surface area contributed by atoms with Crippen LogP contribution in [-0.2, 0) is 16.2 Å². The summed E-state index contributed by atoms with van der Waals surface area (Å²) >= 11 is 0. The standard InChI is InChI=1S/C31H38N6O4S/c1-22-8-10-23(11-9-22)37-29(20-28(34-37)31(2,3)21-38)36(32)30(39)33-26-12-13-27(25-7-5-4-6-24(25)26)41-17-14-35-15-18-42(40)19-16-35/h4-13,20,38H,14-19,21,32H2,1-3H3,(H,33,39). The van der Waals surface area contributed by atoms with Crippen LogP contribution >= 0.6 is 0 Å². The highest BCUT2D eigenvalue weighted by Gasteiger charge is 2.28. The quantitative estimate of drug-likeness (QED) is 0.153. The molecular formula is C31H38N6O4S. The predicted molar refractivity (Wildman–Crippen MR) is 168 cm³/mol. The molecule has 4 aromatic rings. The number of hydrogen-bond donors (Lipinski definition) is 3. The first kappa shape index (κ1) is 29.7. The molecule has 42 heavy (non-hydrogen) atoms. The van der Waals surface area contributed by atoms with Gasteiger partial charge in [-0.05, 0) is 31.2 Å². The largest absolute Gasteiger partial charge is 0.492 e. The Morgan fingerprint density at radius 1 is 1.10 bits per heavy atom. The number of carbonyl (C=O) groups excluding carboxylic acids is 1. The van der Waals surface area contributed by atoms with Crippen LogP contribution in [0.2, 0.25) is 0 Å². The zero-order valence-electron chi connectivity index (χ0n) is 24.2. The monoisotopic (exact) mass is 590 g/mol. The van der Waals surface area contributed by atoms with Gasteiger partial charge in [-0.1, -0.05) is 55.8 Å². The van der Waals surface area contributed by atoms with Gasteiger partial charge < -0.3 is 15.2 Å². The fourth-order valence-electron chi connectivity index (χ4n) is 4.80. The van der Waals surface area contributed by atoms with Crippen molar-refractivity contribution in [3.63, 3.8) is 0 Å². The van der Waals surface area contributed by atoms with Gasteiger partial charge in [0.1, 0.15) is 12.4 Å². The number of nitrogens with one attached hydrogen (secondary N) is 1. The number of nitrogens with two attached hydrogens (primary N) is 1. The number of anilines is 2. The Hall–Kier alpha value is -3.77. The normalized spacial score (nSPS) is 14.7. The van der Waals surface area contributed by atoms with Gasteiger partial charge in [0, 0.05) is 64.2 Å². The highest BCUT2D eigenvalue weighted by molar-refractivity contribution is 7.85. The van der Waals surface area contributed by atoms with Crippen LogP contribution in [0.3, 0.4) is 0 Å². The van der Waals surface area contributed by atoms with E-state index in [9.17, 15) is 14.1 Å². The van der Waals surface area contributed by atoms with Gasteiger partial charge in [-0.2, -0.15) is 5.10 Å². The van der Waals surface area contributed by atoms with Crippen LogP contribution in [0.1, 0.15) is 25.1 Å². The molecule has 11 heteroatoms. The highest BCUT2D eigenvalue weighted by Crippen LogP contribution is 2.33. The second-order valence-corrected chi connectivity index (χ2v) is 12.9.